The summed E-state index contributed by atoms with van der Waals surface area (Å²) in [5.41, 5.74) is 0. The highest BCUT2D eigenvalue weighted by atomic mass is 28.3. The van der Waals surface area contributed by atoms with Crippen molar-refractivity contribution >= 4 is 9.04 Å². The van der Waals surface area contributed by atoms with Crippen molar-refractivity contribution in [3.63, 3.8) is 0 Å². The Morgan fingerprint density at radius 2 is 1.93 bits per heavy atom. The second-order valence-electron chi connectivity index (χ2n) is 4.25. The molecule has 88 valence electrons. The lowest BCUT2D eigenvalue weighted by Crippen LogP contribution is -2.31. The van der Waals surface area contributed by atoms with Gasteiger partial charge in [-0.05, 0) is 20.8 Å². The largest absolute Gasteiger partial charge is 0.475 e. The first-order chi connectivity index (χ1) is 6.79. The van der Waals surface area contributed by atoms with Gasteiger partial charge >= 0.3 is 9.04 Å². The maximum Gasteiger partial charge on any atom is 0.475 e. The van der Waals surface area contributed by atoms with E-state index in [1.807, 2.05) is 27.3 Å². The highest BCUT2D eigenvalue weighted by molar-refractivity contribution is 6.53. The molecule has 0 aliphatic rings. The first kappa shape index (κ1) is 14.4. The van der Waals surface area contributed by atoms with E-state index in [1.165, 1.54) is 0 Å². The van der Waals surface area contributed by atoms with Gasteiger partial charge in [-0.25, -0.2) is 13.2 Å². The zero-order chi connectivity index (χ0) is 12.1. The number of hydrogen-bond donors (Lipinski definition) is 1. The van der Waals surface area contributed by atoms with Crippen LogP contribution in [-0.2, 0) is 4.43 Å². The molecule has 0 unspecified atom stereocenters. The van der Waals surface area contributed by atoms with Crippen LogP contribution in [-0.4, -0.2) is 28.1 Å². The summed E-state index contributed by atoms with van der Waals surface area (Å²) >= 11 is 0. The maximum absolute atomic E-state index is 12.4. The summed E-state index contributed by atoms with van der Waals surface area (Å²) in [4.78, 5) is 0. The third kappa shape index (κ3) is 5.78. The summed E-state index contributed by atoms with van der Waals surface area (Å²) in [5.74, 6) is 4.74. The molecule has 0 aromatic heterocycles. The molecule has 0 heterocycles. The second-order valence-corrected chi connectivity index (χ2v) is 7.15. The predicted molar refractivity (Wildman–Crippen MR) is 56.1 cm³/mol. The van der Waals surface area contributed by atoms with Gasteiger partial charge in [-0.2, -0.15) is 5.11 Å². The van der Waals surface area contributed by atoms with Gasteiger partial charge in [-0.3, -0.25) is 0 Å². The van der Waals surface area contributed by atoms with Gasteiger partial charge in [0.2, 0.25) is 0 Å². The lowest BCUT2D eigenvalue weighted by Gasteiger charge is -2.13. The molecule has 0 saturated heterocycles. The van der Waals surface area contributed by atoms with Gasteiger partial charge < -0.3 is 5.84 Å². The van der Waals surface area contributed by atoms with Crippen LogP contribution >= 0.6 is 0 Å². The fourth-order valence-electron chi connectivity index (χ4n) is 0.669. The fourth-order valence-corrected chi connectivity index (χ4v) is 1.52. The molecule has 0 aromatic rings. The maximum atomic E-state index is 12.4. The number of nitrogens with two attached hydrogens (primary N) is 1. The Morgan fingerprint density at radius 1 is 1.40 bits per heavy atom. The van der Waals surface area contributed by atoms with Crippen molar-refractivity contribution < 1.29 is 13.2 Å². The minimum atomic E-state index is -2.59. The van der Waals surface area contributed by atoms with Gasteiger partial charge in [0.25, 0.3) is 6.43 Å². The SMILES string of the molecule is C[Si+](OC[C@H](N=NN)C(F)F)C(C)(C)C. The Hall–Kier alpha value is -0.563. The zero-order valence-electron chi connectivity index (χ0n) is 9.50. The monoisotopic (exact) mass is 238 g/mol. The van der Waals surface area contributed by atoms with E-state index in [9.17, 15) is 8.78 Å². The molecule has 0 rings (SSSR count). The summed E-state index contributed by atoms with van der Waals surface area (Å²) < 4.78 is 30.1. The van der Waals surface area contributed by atoms with E-state index < -0.39 is 21.5 Å². The molecule has 0 aromatic carbocycles. The standard InChI is InChI=1S/C8H18F2N3OSi/c1-8(2,3)15(4)14-5-6(7(9)10)12-13-11/h6-7H,5H2,1-4H3,(H2,11,12)/q+1/t6-/m0/s1. The summed E-state index contributed by atoms with van der Waals surface area (Å²) in [6.45, 7) is 7.86. The highest BCUT2D eigenvalue weighted by Crippen LogP contribution is 2.27. The normalized spacial score (nSPS) is 14.9. The van der Waals surface area contributed by atoms with Crippen LogP contribution in [0.1, 0.15) is 20.8 Å². The van der Waals surface area contributed by atoms with Gasteiger partial charge in [0, 0.05) is 0 Å². The van der Waals surface area contributed by atoms with Crippen LogP contribution in [0.25, 0.3) is 0 Å². The fraction of sp³-hybridized carbons (Fsp3) is 1.00. The quantitative estimate of drug-likeness (QED) is 0.346. The van der Waals surface area contributed by atoms with E-state index in [0.717, 1.165) is 0 Å². The molecule has 0 spiro atoms. The van der Waals surface area contributed by atoms with Crippen molar-refractivity contribution in [1.82, 2.24) is 0 Å². The molecule has 0 amide bonds. The summed E-state index contributed by atoms with van der Waals surface area (Å²) in [5, 5.41) is 6.11. The molecule has 0 aliphatic carbocycles. The van der Waals surface area contributed by atoms with E-state index in [1.54, 1.807) is 0 Å². The Morgan fingerprint density at radius 3 is 2.27 bits per heavy atom. The first-order valence-corrected chi connectivity index (χ1v) is 6.55. The average Bonchev–Trinajstić information content (AvgIpc) is 2.09. The number of halogens is 2. The van der Waals surface area contributed by atoms with Crippen LogP contribution in [0.4, 0.5) is 8.78 Å². The summed E-state index contributed by atoms with van der Waals surface area (Å²) in [6, 6.07) is -1.25. The van der Waals surface area contributed by atoms with Crippen molar-refractivity contribution in [1.29, 1.82) is 0 Å². The third-order valence-corrected chi connectivity index (χ3v) is 4.74. The van der Waals surface area contributed by atoms with E-state index in [4.69, 9.17) is 10.3 Å². The van der Waals surface area contributed by atoms with Crippen molar-refractivity contribution in [2.45, 2.75) is 44.8 Å². The molecular formula is C8H18F2N3OSi+. The zero-order valence-corrected chi connectivity index (χ0v) is 10.5. The molecule has 0 saturated carbocycles. The average molecular weight is 238 g/mol. The van der Waals surface area contributed by atoms with Gasteiger partial charge in [0.15, 0.2) is 6.04 Å². The van der Waals surface area contributed by atoms with Crippen LogP contribution in [0.2, 0.25) is 11.6 Å². The van der Waals surface area contributed by atoms with Crippen molar-refractivity contribution in [2.24, 2.45) is 16.2 Å². The molecule has 0 radical (unpaired) electrons. The van der Waals surface area contributed by atoms with E-state index in [2.05, 4.69) is 10.3 Å². The highest BCUT2D eigenvalue weighted by Gasteiger charge is 2.40. The van der Waals surface area contributed by atoms with Gasteiger partial charge in [0.05, 0.1) is 6.55 Å². The van der Waals surface area contributed by atoms with E-state index in [-0.39, 0.29) is 11.6 Å². The van der Waals surface area contributed by atoms with Gasteiger partial charge in [-0.1, -0.05) is 5.22 Å². The van der Waals surface area contributed by atoms with Crippen LogP contribution in [0.3, 0.4) is 0 Å². The number of nitrogens with zero attached hydrogens (tertiary/aromatic N) is 2. The smallest absolute Gasteiger partial charge is 0.305 e. The molecule has 7 heteroatoms. The molecule has 0 fully saturated rings. The van der Waals surface area contributed by atoms with Gasteiger partial charge in [-0.15, -0.1) is 0 Å². The summed E-state index contributed by atoms with van der Waals surface area (Å²) in [6.07, 6.45) is -2.59. The molecule has 4 nitrogen and oxygen atoms in total. The third-order valence-electron chi connectivity index (χ3n) is 2.03. The number of hydrogen-bond acceptors (Lipinski definition) is 3. The topological polar surface area (TPSA) is 60.0 Å². The van der Waals surface area contributed by atoms with E-state index >= 15 is 0 Å². The molecule has 1 atom stereocenters. The Labute approximate surface area is 90.6 Å². The summed E-state index contributed by atoms with van der Waals surface area (Å²) in [7, 11) is -1.13. The lowest BCUT2D eigenvalue weighted by atomic mass is 10.3. The number of rotatable bonds is 5. The Kier molecular flexibility index (Phi) is 5.88. The Bertz CT molecular complexity index is 209. The molecule has 0 aliphatic heterocycles. The van der Waals surface area contributed by atoms with E-state index in [0.29, 0.717) is 0 Å². The van der Waals surface area contributed by atoms with Crippen molar-refractivity contribution in [3.05, 3.63) is 0 Å². The van der Waals surface area contributed by atoms with Crippen molar-refractivity contribution in [2.75, 3.05) is 6.61 Å². The number of alkyl halides is 2. The molecule has 2 N–H and O–H groups in total. The Balaban J connectivity index is 4.11. The minimum Gasteiger partial charge on any atom is -0.305 e. The van der Waals surface area contributed by atoms with Crippen LogP contribution in [0, 0.1) is 0 Å². The predicted octanol–water partition coefficient (Wildman–Crippen LogP) is 2.38. The van der Waals surface area contributed by atoms with Gasteiger partial charge in [0.1, 0.15) is 11.6 Å². The first-order valence-electron chi connectivity index (χ1n) is 4.64. The second kappa shape index (κ2) is 6.11. The van der Waals surface area contributed by atoms with Crippen LogP contribution in [0.15, 0.2) is 10.3 Å². The van der Waals surface area contributed by atoms with Crippen LogP contribution < -0.4 is 5.84 Å². The van der Waals surface area contributed by atoms with Crippen LogP contribution in [0.5, 0.6) is 0 Å². The molecule has 15 heavy (non-hydrogen) atoms. The lowest BCUT2D eigenvalue weighted by molar-refractivity contribution is 0.0858. The van der Waals surface area contributed by atoms with Crippen molar-refractivity contribution in [3.8, 4) is 0 Å². The molecular weight excluding hydrogens is 220 g/mol. The minimum absolute atomic E-state index is 0.0111. The molecule has 0 bridgehead atoms.